The van der Waals surface area contributed by atoms with Gasteiger partial charge in [0, 0.05) is 45.8 Å². The lowest BCUT2D eigenvalue weighted by Crippen LogP contribution is -2.18. The fourth-order valence-electron chi connectivity index (χ4n) is 2.41. The average molecular weight is 342 g/mol. The zero-order chi connectivity index (χ0) is 17.9. The summed E-state index contributed by atoms with van der Waals surface area (Å²) in [5, 5.41) is 6.03. The molecule has 2 rings (SSSR count). The highest BCUT2D eigenvalue weighted by atomic mass is 16.5. The van der Waals surface area contributed by atoms with E-state index in [1.807, 2.05) is 36.4 Å². The van der Waals surface area contributed by atoms with E-state index in [2.05, 4.69) is 22.8 Å². The minimum atomic E-state index is -0.0678. The van der Waals surface area contributed by atoms with Crippen molar-refractivity contribution in [2.75, 3.05) is 27.4 Å². The van der Waals surface area contributed by atoms with Crippen LogP contribution >= 0.6 is 0 Å². The number of nitrogens with one attached hydrogen (secondary N) is 2. The Kier molecular flexibility index (Phi) is 7.95. The van der Waals surface area contributed by atoms with Crippen LogP contribution in [0.2, 0.25) is 0 Å². The monoisotopic (exact) mass is 342 g/mol. The molecule has 5 heteroatoms. The molecule has 5 nitrogen and oxygen atoms in total. The van der Waals surface area contributed by atoms with Gasteiger partial charge in [-0.3, -0.25) is 4.79 Å². The van der Waals surface area contributed by atoms with Crippen LogP contribution in [0.4, 0.5) is 0 Å². The van der Waals surface area contributed by atoms with Gasteiger partial charge in [0.15, 0.2) is 0 Å². The Morgan fingerprint density at radius 2 is 1.76 bits per heavy atom. The molecule has 0 aliphatic heterocycles. The van der Waals surface area contributed by atoms with Crippen LogP contribution in [0.25, 0.3) is 0 Å². The number of methoxy groups -OCH3 is 1. The van der Waals surface area contributed by atoms with E-state index in [1.165, 1.54) is 5.56 Å². The van der Waals surface area contributed by atoms with E-state index in [0.29, 0.717) is 18.8 Å². The molecule has 2 aromatic carbocycles. The summed E-state index contributed by atoms with van der Waals surface area (Å²) in [5.41, 5.74) is 2.98. The highest BCUT2D eigenvalue weighted by Crippen LogP contribution is 2.14. The predicted octanol–water partition coefficient (Wildman–Crippen LogP) is 2.75. The molecule has 0 aliphatic rings. The first-order valence-corrected chi connectivity index (χ1v) is 8.45. The number of carbonyl (C=O) groups excluding carboxylic acids is 1. The van der Waals surface area contributed by atoms with Crippen LogP contribution in [0.3, 0.4) is 0 Å². The summed E-state index contributed by atoms with van der Waals surface area (Å²) in [6.45, 7) is 2.86. The van der Waals surface area contributed by atoms with Gasteiger partial charge in [-0.15, -0.1) is 0 Å². The lowest BCUT2D eigenvalue weighted by Gasteiger charge is -2.09. The van der Waals surface area contributed by atoms with Crippen LogP contribution in [0.1, 0.15) is 27.9 Å². The Morgan fingerprint density at radius 1 is 1.00 bits per heavy atom. The molecule has 0 spiro atoms. The fourth-order valence-corrected chi connectivity index (χ4v) is 2.41. The first-order valence-electron chi connectivity index (χ1n) is 8.45. The van der Waals surface area contributed by atoms with Crippen molar-refractivity contribution < 1.29 is 14.3 Å². The van der Waals surface area contributed by atoms with Crippen molar-refractivity contribution in [2.24, 2.45) is 0 Å². The van der Waals surface area contributed by atoms with E-state index in [4.69, 9.17) is 9.47 Å². The largest absolute Gasteiger partial charge is 0.493 e. The number of benzene rings is 2. The van der Waals surface area contributed by atoms with Crippen LogP contribution in [0, 0.1) is 0 Å². The minimum absolute atomic E-state index is 0.0678. The summed E-state index contributed by atoms with van der Waals surface area (Å²) >= 11 is 0. The third-order valence-corrected chi connectivity index (χ3v) is 3.76. The summed E-state index contributed by atoms with van der Waals surface area (Å²) in [6.07, 6.45) is 0.880. The van der Waals surface area contributed by atoms with Gasteiger partial charge >= 0.3 is 0 Å². The number of amides is 1. The van der Waals surface area contributed by atoms with Crippen molar-refractivity contribution >= 4 is 5.91 Å². The summed E-state index contributed by atoms with van der Waals surface area (Å²) in [7, 11) is 3.33. The second-order valence-corrected chi connectivity index (χ2v) is 5.72. The van der Waals surface area contributed by atoms with Crippen LogP contribution < -0.4 is 15.4 Å². The van der Waals surface area contributed by atoms with Crippen LogP contribution in [-0.4, -0.2) is 33.3 Å². The molecule has 0 bridgehead atoms. The topological polar surface area (TPSA) is 59.6 Å². The van der Waals surface area contributed by atoms with Crippen LogP contribution in [0.5, 0.6) is 5.75 Å². The lowest BCUT2D eigenvalue weighted by atomic mass is 10.1. The van der Waals surface area contributed by atoms with Gasteiger partial charge in [-0.2, -0.15) is 0 Å². The van der Waals surface area contributed by atoms with Crippen LogP contribution in [-0.2, 0) is 17.8 Å². The van der Waals surface area contributed by atoms with Gasteiger partial charge in [0.25, 0.3) is 5.91 Å². The van der Waals surface area contributed by atoms with E-state index >= 15 is 0 Å². The summed E-state index contributed by atoms with van der Waals surface area (Å²) < 4.78 is 10.7. The third-order valence-electron chi connectivity index (χ3n) is 3.76. The van der Waals surface area contributed by atoms with E-state index in [0.717, 1.165) is 30.8 Å². The molecule has 1 amide bonds. The first kappa shape index (κ1) is 19.0. The number of carbonyl (C=O) groups is 1. The molecule has 0 saturated carbocycles. The van der Waals surface area contributed by atoms with Crippen LogP contribution in [0.15, 0.2) is 48.5 Å². The van der Waals surface area contributed by atoms with E-state index in [9.17, 15) is 4.79 Å². The standard InChI is InChI=1S/C20H26N2O3/c1-21-20(23)18-9-7-16(8-10-18)14-22-15-17-5-3-6-19(13-17)25-12-4-11-24-2/h3,5-10,13,22H,4,11-12,14-15H2,1-2H3,(H,21,23). The highest BCUT2D eigenvalue weighted by Gasteiger charge is 2.02. The Morgan fingerprint density at radius 3 is 2.48 bits per heavy atom. The maximum absolute atomic E-state index is 11.5. The first-order chi connectivity index (χ1) is 12.2. The molecule has 0 aromatic heterocycles. The Bertz CT molecular complexity index is 656. The highest BCUT2D eigenvalue weighted by molar-refractivity contribution is 5.93. The van der Waals surface area contributed by atoms with E-state index in [1.54, 1.807) is 14.2 Å². The van der Waals surface area contributed by atoms with Crippen molar-refractivity contribution in [3.63, 3.8) is 0 Å². The van der Waals surface area contributed by atoms with Gasteiger partial charge < -0.3 is 20.1 Å². The van der Waals surface area contributed by atoms with Crippen molar-refractivity contribution in [3.8, 4) is 5.75 Å². The van der Waals surface area contributed by atoms with Crippen molar-refractivity contribution in [1.82, 2.24) is 10.6 Å². The van der Waals surface area contributed by atoms with Crippen molar-refractivity contribution in [3.05, 3.63) is 65.2 Å². The second-order valence-electron chi connectivity index (χ2n) is 5.72. The molecule has 0 atom stereocenters. The zero-order valence-corrected chi connectivity index (χ0v) is 14.9. The number of hydrogen-bond donors (Lipinski definition) is 2. The fraction of sp³-hybridized carbons (Fsp3) is 0.350. The Labute approximate surface area is 149 Å². The molecule has 134 valence electrons. The van der Waals surface area contributed by atoms with Gasteiger partial charge in [-0.1, -0.05) is 24.3 Å². The molecule has 0 fully saturated rings. The molecule has 0 aliphatic carbocycles. The molecule has 2 N–H and O–H groups in total. The van der Waals surface area contributed by atoms with Gasteiger partial charge in [0.05, 0.1) is 6.61 Å². The maximum atomic E-state index is 11.5. The number of rotatable bonds is 10. The molecule has 0 heterocycles. The normalized spacial score (nSPS) is 10.5. The van der Waals surface area contributed by atoms with Gasteiger partial charge in [0.1, 0.15) is 5.75 Å². The van der Waals surface area contributed by atoms with E-state index in [-0.39, 0.29) is 5.91 Å². The summed E-state index contributed by atoms with van der Waals surface area (Å²) in [6, 6.07) is 15.7. The van der Waals surface area contributed by atoms with Gasteiger partial charge in [0.2, 0.25) is 0 Å². The van der Waals surface area contributed by atoms with Crippen molar-refractivity contribution in [2.45, 2.75) is 19.5 Å². The summed E-state index contributed by atoms with van der Waals surface area (Å²) in [5.74, 6) is 0.812. The Hall–Kier alpha value is -2.37. The molecule has 2 aromatic rings. The molecular formula is C20H26N2O3. The summed E-state index contributed by atoms with van der Waals surface area (Å²) in [4.78, 5) is 11.5. The molecule has 0 saturated heterocycles. The number of ether oxygens (including phenoxy) is 2. The molecular weight excluding hydrogens is 316 g/mol. The SMILES string of the molecule is CNC(=O)c1ccc(CNCc2cccc(OCCCOC)c2)cc1. The third kappa shape index (κ3) is 6.57. The minimum Gasteiger partial charge on any atom is -0.493 e. The number of hydrogen-bond acceptors (Lipinski definition) is 4. The second kappa shape index (κ2) is 10.5. The lowest BCUT2D eigenvalue weighted by molar-refractivity contribution is 0.0963. The molecule has 25 heavy (non-hydrogen) atoms. The van der Waals surface area contributed by atoms with E-state index < -0.39 is 0 Å². The van der Waals surface area contributed by atoms with Crippen molar-refractivity contribution in [1.29, 1.82) is 0 Å². The zero-order valence-electron chi connectivity index (χ0n) is 14.9. The smallest absolute Gasteiger partial charge is 0.251 e. The Balaban J connectivity index is 1.78. The predicted molar refractivity (Wildman–Crippen MR) is 98.8 cm³/mol. The molecule has 0 radical (unpaired) electrons. The van der Waals surface area contributed by atoms with Gasteiger partial charge in [-0.05, 0) is 35.4 Å². The maximum Gasteiger partial charge on any atom is 0.251 e. The van der Waals surface area contributed by atoms with Gasteiger partial charge in [-0.25, -0.2) is 0 Å². The molecule has 0 unspecified atom stereocenters. The average Bonchev–Trinajstić information content (AvgIpc) is 2.65. The quantitative estimate of drug-likeness (QED) is 0.652.